The standard InChI is InChI=1S/C18H17F2N5OS/c1-3-25-17(13-9-15(20)21-10-14(13)19)22-23-18(25)27-11-16(26)24(2)12-7-5-4-6-8-12/h4-10H,3,11H2,1-2H3. The Kier molecular flexibility index (Phi) is 5.80. The van der Waals surface area contributed by atoms with Gasteiger partial charge in [0, 0.05) is 25.3 Å². The molecule has 27 heavy (non-hydrogen) atoms. The largest absolute Gasteiger partial charge is 0.315 e. The third-order valence-electron chi connectivity index (χ3n) is 3.94. The molecule has 0 atom stereocenters. The lowest BCUT2D eigenvalue weighted by Gasteiger charge is -2.16. The quantitative estimate of drug-likeness (QED) is 0.478. The van der Waals surface area contributed by atoms with Crippen molar-refractivity contribution in [2.45, 2.75) is 18.6 Å². The number of carbonyl (C=O) groups is 1. The van der Waals surface area contributed by atoms with E-state index in [0.29, 0.717) is 11.7 Å². The first-order valence-electron chi connectivity index (χ1n) is 8.20. The summed E-state index contributed by atoms with van der Waals surface area (Å²) >= 11 is 1.19. The fraction of sp³-hybridized carbons (Fsp3) is 0.222. The van der Waals surface area contributed by atoms with Gasteiger partial charge in [0.15, 0.2) is 16.8 Å². The first kappa shape index (κ1) is 19.0. The van der Waals surface area contributed by atoms with Gasteiger partial charge in [-0.25, -0.2) is 9.37 Å². The van der Waals surface area contributed by atoms with Crippen molar-refractivity contribution < 1.29 is 13.6 Å². The number of para-hydroxylation sites is 1. The van der Waals surface area contributed by atoms with Crippen LogP contribution in [0, 0.1) is 11.8 Å². The summed E-state index contributed by atoms with van der Waals surface area (Å²) in [6.07, 6.45) is 0.810. The molecule has 9 heteroatoms. The third-order valence-corrected chi connectivity index (χ3v) is 4.89. The predicted molar refractivity (Wildman–Crippen MR) is 99.4 cm³/mol. The van der Waals surface area contributed by atoms with E-state index >= 15 is 0 Å². The minimum atomic E-state index is -0.800. The minimum Gasteiger partial charge on any atom is -0.315 e. The highest BCUT2D eigenvalue weighted by Crippen LogP contribution is 2.26. The van der Waals surface area contributed by atoms with Gasteiger partial charge in [-0.1, -0.05) is 30.0 Å². The number of thioether (sulfide) groups is 1. The van der Waals surface area contributed by atoms with Crippen molar-refractivity contribution >= 4 is 23.4 Å². The molecular weight excluding hydrogens is 372 g/mol. The van der Waals surface area contributed by atoms with Crippen LogP contribution in [-0.2, 0) is 11.3 Å². The predicted octanol–water partition coefficient (Wildman–Crippen LogP) is 3.39. The smallest absolute Gasteiger partial charge is 0.237 e. The Balaban J connectivity index is 1.77. The van der Waals surface area contributed by atoms with Gasteiger partial charge in [-0.3, -0.25) is 4.79 Å². The summed E-state index contributed by atoms with van der Waals surface area (Å²) in [6.45, 7) is 2.28. The van der Waals surface area contributed by atoms with E-state index < -0.39 is 11.8 Å². The Bertz CT molecular complexity index is 948. The van der Waals surface area contributed by atoms with Crippen LogP contribution in [0.1, 0.15) is 6.92 Å². The van der Waals surface area contributed by atoms with Crippen molar-refractivity contribution in [2.24, 2.45) is 0 Å². The van der Waals surface area contributed by atoms with Crippen molar-refractivity contribution in [3.05, 3.63) is 54.4 Å². The fourth-order valence-corrected chi connectivity index (χ4v) is 3.40. The monoisotopic (exact) mass is 389 g/mol. The van der Waals surface area contributed by atoms with Gasteiger partial charge >= 0.3 is 0 Å². The Morgan fingerprint density at radius 3 is 2.67 bits per heavy atom. The zero-order valence-electron chi connectivity index (χ0n) is 14.8. The zero-order valence-corrected chi connectivity index (χ0v) is 15.6. The summed E-state index contributed by atoms with van der Waals surface area (Å²) < 4.78 is 29.0. The number of hydrogen-bond donors (Lipinski definition) is 0. The molecule has 0 aliphatic rings. The molecule has 0 unspecified atom stereocenters. The number of pyridine rings is 1. The Hall–Kier alpha value is -2.81. The maximum atomic E-state index is 14.0. The topological polar surface area (TPSA) is 63.9 Å². The van der Waals surface area contributed by atoms with Crippen LogP contribution in [0.25, 0.3) is 11.4 Å². The van der Waals surface area contributed by atoms with Crippen LogP contribution < -0.4 is 4.90 Å². The van der Waals surface area contributed by atoms with Crippen LogP contribution >= 0.6 is 11.8 Å². The molecule has 0 spiro atoms. The van der Waals surface area contributed by atoms with Gasteiger partial charge < -0.3 is 9.47 Å². The summed E-state index contributed by atoms with van der Waals surface area (Å²) in [5, 5.41) is 8.46. The number of anilines is 1. The van der Waals surface area contributed by atoms with E-state index in [1.807, 2.05) is 37.3 Å². The minimum absolute atomic E-state index is 0.0172. The molecule has 0 aliphatic carbocycles. The van der Waals surface area contributed by atoms with Crippen molar-refractivity contribution in [2.75, 3.05) is 17.7 Å². The molecule has 1 aromatic carbocycles. The number of carbonyl (C=O) groups excluding carboxylic acids is 1. The average molecular weight is 389 g/mol. The lowest BCUT2D eigenvalue weighted by atomic mass is 10.2. The Morgan fingerprint density at radius 2 is 1.96 bits per heavy atom. The second-order valence-corrected chi connectivity index (χ2v) is 6.56. The molecule has 0 aliphatic heterocycles. The normalized spacial score (nSPS) is 10.8. The Labute approximate surface area is 159 Å². The summed E-state index contributed by atoms with van der Waals surface area (Å²) in [5.74, 6) is -1.26. The molecule has 0 saturated heterocycles. The number of benzene rings is 1. The maximum absolute atomic E-state index is 14.0. The van der Waals surface area contributed by atoms with Crippen LogP contribution in [0.15, 0.2) is 47.8 Å². The van der Waals surface area contributed by atoms with Crippen LogP contribution in [0.4, 0.5) is 14.5 Å². The second-order valence-electron chi connectivity index (χ2n) is 5.61. The van der Waals surface area contributed by atoms with Crippen LogP contribution in [-0.4, -0.2) is 38.5 Å². The van der Waals surface area contributed by atoms with E-state index in [4.69, 9.17) is 0 Å². The van der Waals surface area contributed by atoms with Crippen molar-refractivity contribution in [3.8, 4) is 11.4 Å². The van der Waals surface area contributed by atoms with E-state index in [-0.39, 0.29) is 23.0 Å². The first-order valence-corrected chi connectivity index (χ1v) is 9.18. The molecule has 1 amide bonds. The van der Waals surface area contributed by atoms with Crippen molar-refractivity contribution in [1.29, 1.82) is 0 Å². The van der Waals surface area contributed by atoms with E-state index in [2.05, 4.69) is 15.2 Å². The van der Waals surface area contributed by atoms with Crippen molar-refractivity contribution in [3.63, 3.8) is 0 Å². The second kappa shape index (κ2) is 8.26. The molecule has 0 radical (unpaired) electrons. The van der Waals surface area contributed by atoms with E-state index in [0.717, 1.165) is 18.0 Å². The lowest BCUT2D eigenvalue weighted by molar-refractivity contribution is -0.115. The number of aromatic nitrogens is 4. The summed E-state index contributed by atoms with van der Waals surface area (Å²) in [6, 6.07) is 10.3. The maximum Gasteiger partial charge on any atom is 0.237 e. The van der Waals surface area contributed by atoms with Gasteiger partial charge in [0.2, 0.25) is 11.9 Å². The highest BCUT2D eigenvalue weighted by molar-refractivity contribution is 7.99. The van der Waals surface area contributed by atoms with Crippen LogP contribution in [0.3, 0.4) is 0 Å². The van der Waals surface area contributed by atoms with Gasteiger partial charge in [-0.15, -0.1) is 10.2 Å². The number of rotatable bonds is 6. The van der Waals surface area contributed by atoms with Crippen LogP contribution in [0.2, 0.25) is 0 Å². The number of halogens is 2. The van der Waals surface area contributed by atoms with E-state index in [1.165, 1.54) is 11.8 Å². The molecule has 6 nitrogen and oxygen atoms in total. The molecule has 2 aromatic heterocycles. The van der Waals surface area contributed by atoms with Gasteiger partial charge in [-0.05, 0) is 19.1 Å². The van der Waals surface area contributed by atoms with E-state index in [1.54, 1.807) is 16.5 Å². The molecule has 0 saturated carbocycles. The third kappa shape index (κ3) is 4.13. The van der Waals surface area contributed by atoms with Crippen molar-refractivity contribution in [1.82, 2.24) is 19.7 Å². The van der Waals surface area contributed by atoms with Gasteiger partial charge in [0.1, 0.15) is 0 Å². The lowest BCUT2D eigenvalue weighted by Crippen LogP contribution is -2.27. The highest BCUT2D eigenvalue weighted by Gasteiger charge is 2.19. The number of nitrogens with zero attached hydrogens (tertiary/aromatic N) is 5. The summed E-state index contributed by atoms with van der Waals surface area (Å²) in [4.78, 5) is 17.3. The highest BCUT2D eigenvalue weighted by atomic mass is 32.2. The summed E-state index contributed by atoms with van der Waals surface area (Å²) in [5.41, 5.74) is 0.770. The van der Waals surface area contributed by atoms with Gasteiger partial charge in [0.25, 0.3) is 0 Å². The molecule has 0 bridgehead atoms. The van der Waals surface area contributed by atoms with Gasteiger partial charge in [0.05, 0.1) is 17.5 Å². The number of amides is 1. The average Bonchev–Trinajstić information content (AvgIpc) is 3.10. The molecule has 140 valence electrons. The van der Waals surface area contributed by atoms with Crippen LogP contribution in [0.5, 0.6) is 0 Å². The summed E-state index contributed by atoms with van der Waals surface area (Å²) in [7, 11) is 1.70. The van der Waals surface area contributed by atoms with E-state index in [9.17, 15) is 13.6 Å². The number of hydrogen-bond acceptors (Lipinski definition) is 5. The van der Waals surface area contributed by atoms with Gasteiger partial charge in [-0.2, -0.15) is 4.39 Å². The Morgan fingerprint density at radius 1 is 1.22 bits per heavy atom. The molecular formula is C18H17F2N5OS. The molecule has 3 aromatic rings. The zero-order chi connectivity index (χ0) is 19.4. The molecule has 3 rings (SSSR count). The molecule has 0 fully saturated rings. The molecule has 2 heterocycles. The fourth-order valence-electron chi connectivity index (χ4n) is 2.48. The molecule has 0 N–H and O–H groups in total. The SMILES string of the molecule is CCn1c(SCC(=O)N(C)c2ccccc2)nnc1-c1cc(F)ncc1F. The first-order chi connectivity index (χ1) is 13.0.